The third-order valence-corrected chi connectivity index (χ3v) is 2.64. The van der Waals surface area contributed by atoms with E-state index in [1.165, 1.54) is 12.1 Å². The van der Waals surface area contributed by atoms with Crippen molar-refractivity contribution < 1.29 is 4.79 Å². The summed E-state index contributed by atoms with van der Waals surface area (Å²) in [7, 11) is 0. The Balaban J connectivity index is 3.24. The first-order valence-corrected chi connectivity index (χ1v) is 5.37. The minimum absolute atomic E-state index is 0.276. The molecule has 0 aliphatic heterocycles. The average Bonchev–Trinajstić information content (AvgIpc) is 2.48. The largest absolute Gasteiger partial charge is 0.294 e. The molecule has 5 nitrogen and oxygen atoms in total. The summed E-state index contributed by atoms with van der Waals surface area (Å²) < 4.78 is 0. The third-order valence-electron chi connectivity index (χ3n) is 2.64. The monoisotopic (exact) mass is 248 g/mol. The molecule has 0 aromatic heterocycles. The van der Waals surface area contributed by atoms with Gasteiger partial charge in [-0.2, -0.15) is 21.0 Å². The van der Waals surface area contributed by atoms with Gasteiger partial charge >= 0.3 is 0 Å². The van der Waals surface area contributed by atoms with Crippen molar-refractivity contribution in [3.05, 3.63) is 35.9 Å². The van der Waals surface area contributed by atoms with Crippen LogP contribution in [0, 0.1) is 63.1 Å². The molecule has 0 radical (unpaired) electrons. The molecule has 0 amide bonds. The lowest BCUT2D eigenvalue weighted by Crippen LogP contribution is -2.28. The normalized spacial score (nSPS) is 9.42. The lowest BCUT2D eigenvalue weighted by molar-refractivity contribution is 0.0890. The van der Waals surface area contributed by atoms with Crippen LogP contribution in [0.3, 0.4) is 0 Å². The zero-order chi connectivity index (χ0) is 14.3. The average molecular weight is 248 g/mol. The minimum Gasteiger partial charge on any atom is -0.294 e. The smallest absolute Gasteiger partial charge is 0.170 e. The first-order valence-electron chi connectivity index (χ1n) is 5.37. The lowest BCUT2D eigenvalue weighted by atomic mass is 9.79. The number of carbonyl (C=O) groups is 1. The summed E-state index contributed by atoms with van der Waals surface area (Å²) in [6.45, 7) is 0. The predicted molar refractivity (Wildman–Crippen MR) is 63.7 cm³/mol. The molecular formula is C14H8N4O. The summed E-state index contributed by atoms with van der Waals surface area (Å²) in [4.78, 5) is 12.3. The standard InChI is InChI=1S/C14H8N4O/c15-6-11(7-16)13(12(8-17)9-18)14(19)10-4-2-1-3-5-10/h1-5,11-13H. The molecule has 0 heterocycles. The topological polar surface area (TPSA) is 112 Å². The Labute approximate surface area is 110 Å². The van der Waals surface area contributed by atoms with E-state index in [0.717, 1.165) is 0 Å². The van der Waals surface area contributed by atoms with Crippen molar-refractivity contribution >= 4 is 5.78 Å². The number of Topliss-reactive ketones (excluding diaryl/α,β-unsaturated/α-hetero) is 1. The molecular weight excluding hydrogens is 240 g/mol. The Hall–Kier alpha value is -3.15. The summed E-state index contributed by atoms with van der Waals surface area (Å²) in [6.07, 6.45) is 0. The van der Waals surface area contributed by atoms with Crippen molar-refractivity contribution in [2.45, 2.75) is 0 Å². The van der Waals surface area contributed by atoms with Gasteiger partial charge in [-0.15, -0.1) is 0 Å². The quantitative estimate of drug-likeness (QED) is 0.754. The molecule has 0 spiro atoms. The second-order valence-electron chi connectivity index (χ2n) is 3.73. The van der Waals surface area contributed by atoms with Crippen LogP contribution in [-0.2, 0) is 0 Å². The molecule has 0 fully saturated rings. The number of benzene rings is 1. The number of ketones is 1. The minimum atomic E-state index is -1.32. The molecule has 0 aliphatic rings. The summed E-state index contributed by atoms with van der Waals surface area (Å²) >= 11 is 0. The third kappa shape index (κ3) is 2.95. The number of carbonyl (C=O) groups excluding carboxylic acids is 1. The van der Waals surface area contributed by atoms with Crippen LogP contribution in [0.1, 0.15) is 10.4 Å². The van der Waals surface area contributed by atoms with Crippen LogP contribution in [0.5, 0.6) is 0 Å². The molecule has 0 bridgehead atoms. The van der Waals surface area contributed by atoms with Crippen molar-refractivity contribution in [2.75, 3.05) is 0 Å². The first kappa shape index (κ1) is 13.9. The highest BCUT2D eigenvalue weighted by Crippen LogP contribution is 2.25. The van der Waals surface area contributed by atoms with Crippen LogP contribution in [0.4, 0.5) is 0 Å². The molecule has 1 rings (SSSR count). The first-order chi connectivity index (χ1) is 9.19. The highest BCUT2D eigenvalue weighted by Gasteiger charge is 2.36. The predicted octanol–water partition coefficient (Wildman–Crippen LogP) is 1.81. The Kier molecular flexibility index (Phi) is 4.80. The van der Waals surface area contributed by atoms with Gasteiger partial charge in [0.2, 0.25) is 0 Å². The van der Waals surface area contributed by atoms with E-state index in [-0.39, 0.29) is 5.56 Å². The van der Waals surface area contributed by atoms with Gasteiger partial charge in [0.1, 0.15) is 11.8 Å². The van der Waals surface area contributed by atoms with Crippen molar-refractivity contribution in [1.82, 2.24) is 0 Å². The van der Waals surface area contributed by atoms with Crippen molar-refractivity contribution in [3.63, 3.8) is 0 Å². The Morgan fingerprint density at radius 2 is 1.26 bits per heavy atom. The Morgan fingerprint density at radius 1 is 0.842 bits per heavy atom. The van der Waals surface area contributed by atoms with E-state index in [1.54, 1.807) is 42.5 Å². The molecule has 1 aromatic rings. The SMILES string of the molecule is N#CC(C#N)C(C(=O)c1ccccc1)C(C#N)C#N. The highest BCUT2D eigenvalue weighted by atomic mass is 16.1. The van der Waals surface area contributed by atoms with E-state index in [2.05, 4.69) is 0 Å². The van der Waals surface area contributed by atoms with E-state index in [1.807, 2.05) is 0 Å². The van der Waals surface area contributed by atoms with Crippen LogP contribution in [-0.4, -0.2) is 5.78 Å². The van der Waals surface area contributed by atoms with Crippen LogP contribution >= 0.6 is 0 Å². The molecule has 0 saturated heterocycles. The van der Waals surface area contributed by atoms with Gasteiger partial charge in [-0.3, -0.25) is 4.79 Å². The number of hydrogen-bond acceptors (Lipinski definition) is 5. The highest BCUT2D eigenvalue weighted by molar-refractivity contribution is 5.99. The maximum atomic E-state index is 12.3. The van der Waals surface area contributed by atoms with Gasteiger partial charge in [-0.05, 0) is 0 Å². The maximum absolute atomic E-state index is 12.3. The molecule has 0 saturated carbocycles. The number of nitrogens with zero attached hydrogens (tertiary/aromatic N) is 4. The van der Waals surface area contributed by atoms with E-state index in [0.29, 0.717) is 0 Å². The van der Waals surface area contributed by atoms with Crippen LogP contribution in [0.25, 0.3) is 0 Å². The Morgan fingerprint density at radius 3 is 1.63 bits per heavy atom. The molecule has 19 heavy (non-hydrogen) atoms. The lowest BCUT2D eigenvalue weighted by Gasteiger charge is -2.16. The van der Waals surface area contributed by atoms with E-state index >= 15 is 0 Å². The van der Waals surface area contributed by atoms with E-state index in [9.17, 15) is 4.79 Å². The Bertz CT molecular complexity index is 565. The summed E-state index contributed by atoms with van der Waals surface area (Å²) in [5.74, 6) is -4.44. The number of hydrogen-bond donors (Lipinski definition) is 0. The zero-order valence-corrected chi connectivity index (χ0v) is 9.82. The zero-order valence-electron chi connectivity index (χ0n) is 9.82. The fraction of sp³-hybridized carbons (Fsp3) is 0.214. The van der Waals surface area contributed by atoms with Gasteiger partial charge in [0.25, 0.3) is 0 Å². The van der Waals surface area contributed by atoms with Crippen LogP contribution in [0.15, 0.2) is 30.3 Å². The molecule has 90 valence electrons. The summed E-state index contributed by atoms with van der Waals surface area (Å²) in [6, 6.07) is 14.7. The second kappa shape index (κ2) is 6.55. The van der Waals surface area contributed by atoms with Gasteiger partial charge in [0, 0.05) is 5.56 Å². The molecule has 0 N–H and O–H groups in total. The molecule has 0 unspecified atom stereocenters. The summed E-state index contributed by atoms with van der Waals surface area (Å²) in [5, 5.41) is 35.6. The van der Waals surface area contributed by atoms with E-state index < -0.39 is 23.5 Å². The summed E-state index contributed by atoms with van der Waals surface area (Å²) in [5.41, 5.74) is 0.276. The fourth-order valence-corrected chi connectivity index (χ4v) is 1.67. The van der Waals surface area contributed by atoms with Gasteiger partial charge in [-0.1, -0.05) is 30.3 Å². The molecule has 1 aromatic carbocycles. The number of nitriles is 4. The number of rotatable bonds is 4. The van der Waals surface area contributed by atoms with Crippen LogP contribution < -0.4 is 0 Å². The second-order valence-corrected chi connectivity index (χ2v) is 3.73. The van der Waals surface area contributed by atoms with Crippen molar-refractivity contribution in [3.8, 4) is 24.3 Å². The van der Waals surface area contributed by atoms with Gasteiger partial charge in [-0.25, -0.2) is 0 Å². The van der Waals surface area contributed by atoms with E-state index in [4.69, 9.17) is 21.0 Å². The van der Waals surface area contributed by atoms with Crippen molar-refractivity contribution in [1.29, 1.82) is 21.0 Å². The molecule has 5 heteroatoms. The fourth-order valence-electron chi connectivity index (χ4n) is 1.67. The maximum Gasteiger partial charge on any atom is 0.170 e. The van der Waals surface area contributed by atoms with Crippen LogP contribution in [0.2, 0.25) is 0 Å². The molecule has 0 aliphatic carbocycles. The van der Waals surface area contributed by atoms with Crippen molar-refractivity contribution in [2.24, 2.45) is 17.8 Å². The van der Waals surface area contributed by atoms with Gasteiger partial charge in [0.15, 0.2) is 5.78 Å². The van der Waals surface area contributed by atoms with Gasteiger partial charge in [0.05, 0.1) is 30.2 Å². The van der Waals surface area contributed by atoms with Gasteiger partial charge < -0.3 is 0 Å². The molecule has 0 atom stereocenters.